The second-order valence-electron chi connectivity index (χ2n) is 6.50. The highest BCUT2D eigenvalue weighted by atomic mass is 32.1. The predicted octanol–water partition coefficient (Wildman–Crippen LogP) is 5.60. The average Bonchev–Trinajstić information content (AvgIpc) is 3.25. The lowest BCUT2D eigenvalue weighted by molar-refractivity contribution is -0.140. The number of hydrogen-bond acceptors (Lipinski definition) is 3. The van der Waals surface area contributed by atoms with E-state index in [2.05, 4.69) is 10.3 Å². The quantitative estimate of drug-likeness (QED) is 0.679. The van der Waals surface area contributed by atoms with Gasteiger partial charge in [-0.25, -0.2) is 9.37 Å². The van der Waals surface area contributed by atoms with Crippen molar-refractivity contribution in [3.05, 3.63) is 46.7 Å². The summed E-state index contributed by atoms with van der Waals surface area (Å²) in [4.78, 5) is 16.7. The van der Waals surface area contributed by atoms with Gasteiger partial charge in [-0.1, -0.05) is 31.7 Å². The number of carbonyl (C=O) groups is 1. The Morgan fingerprint density at radius 1 is 1.31 bits per heavy atom. The molecule has 1 atom stereocenters. The third kappa shape index (κ3) is 4.41. The summed E-state index contributed by atoms with van der Waals surface area (Å²) in [5, 5.41) is 4.75. The maximum Gasteiger partial charge on any atom is 0.419 e. The van der Waals surface area contributed by atoms with Crippen molar-refractivity contribution >= 4 is 22.4 Å². The van der Waals surface area contributed by atoms with Crippen molar-refractivity contribution in [3.8, 4) is 0 Å². The van der Waals surface area contributed by atoms with E-state index in [4.69, 9.17) is 0 Å². The Balaban J connectivity index is 1.90. The van der Waals surface area contributed by atoms with Crippen LogP contribution in [0.5, 0.6) is 0 Å². The zero-order valence-corrected chi connectivity index (χ0v) is 14.7. The van der Waals surface area contributed by atoms with Crippen molar-refractivity contribution in [2.75, 3.05) is 5.32 Å². The topological polar surface area (TPSA) is 42.0 Å². The van der Waals surface area contributed by atoms with Crippen LogP contribution >= 0.6 is 11.3 Å². The van der Waals surface area contributed by atoms with Gasteiger partial charge < -0.3 is 5.32 Å². The fourth-order valence-corrected chi connectivity index (χ4v) is 3.96. The number of anilines is 1. The number of benzene rings is 1. The number of aromatic nitrogens is 1. The fraction of sp³-hybridized carbons (Fsp3) is 0.444. The smallest absolute Gasteiger partial charge is 0.301 e. The molecular weight excluding hydrogens is 368 g/mol. The standard InChI is InChI=1S/C18H18F4N2OS/c19-15-6-5-12(10-14(15)18(20,21)22)13(9-11-3-1-2-4-11)16(25)24-17-23-7-8-26-17/h5-8,10-11,13H,1-4,9H2,(H,23,24,25). The number of hydrogen-bond donors (Lipinski definition) is 1. The molecule has 1 aromatic heterocycles. The van der Waals surface area contributed by atoms with Gasteiger partial charge in [0.25, 0.3) is 0 Å². The third-order valence-corrected chi connectivity index (χ3v) is 5.41. The number of halogens is 4. The van der Waals surface area contributed by atoms with Gasteiger partial charge in [-0.2, -0.15) is 13.2 Å². The van der Waals surface area contributed by atoms with Crippen LogP contribution in [0.4, 0.5) is 22.7 Å². The van der Waals surface area contributed by atoms with Gasteiger partial charge in [0.15, 0.2) is 5.13 Å². The van der Waals surface area contributed by atoms with Crippen molar-refractivity contribution in [3.63, 3.8) is 0 Å². The molecule has 3 nitrogen and oxygen atoms in total. The Morgan fingerprint density at radius 3 is 2.65 bits per heavy atom. The second kappa shape index (κ2) is 7.73. The first-order valence-electron chi connectivity index (χ1n) is 8.41. The number of amides is 1. The zero-order valence-electron chi connectivity index (χ0n) is 13.9. The molecule has 1 saturated carbocycles. The lowest BCUT2D eigenvalue weighted by atomic mass is 9.86. The van der Waals surface area contributed by atoms with Crippen LogP contribution in [0.3, 0.4) is 0 Å². The van der Waals surface area contributed by atoms with Crippen LogP contribution in [0.15, 0.2) is 29.8 Å². The molecule has 0 spiro atoms. The van der Waals surface area contributed by atoms with E-state index in [1.165, 1.54) is 23.6 Å². The highest BCUT2D eigenvalue weighted by Crippen LogP contribution is 2.38. The van der Waals surface area contributed by atoms with E-state index in [0.29, 0.717) is 11.6 Å². The predicted molar refractivity (Wildman–Crippen MR) is 91.5 cm³/mol. The first kappa shape index (κ1) is 18.8. The highest BCUT2D eigenvalue weighted by molar-refractivity contribution is 7.13. The van der Waals surface area contributed by atoms with Crippen LogP contribution in [0, 0.1) is 11.7 Å². The van der Waals surface area contributed by atoms with Crippen molar-refractivity contribution in [1.82, 2.24) is 4.98 Å². The molecule has 0 radical (unpaired) electrons. The summed E-state index contributed by atoms with van der Waals surface area (Å²) in [7, 11) is 0. The van der Waals surface area contributed by atoms with E-state index in [-0.39, 0.29) is 11.5 Å². The molecule has 0 saturated heterocycles. The summed E-state index contributed by atoms with van der Waals surface area (Å²) < 4.78 is 52.8. The van der Waals surface area contributed by atoms with Crippen LogP contribution < -0.4 is 5.32 Å². The normalized spacial score (nSPS) is 16.6. The lowest BCUT2D eigenvalue weighted by Gasteiger charge is -2.21. The SMILES string of the molecule is O=C(Nc1nccs1)C(CC1CCCC1)c1ccc(F)c(C(F)(F)F)c1. The van der Waals surface area contributed by atoms with Gasteiger partial charge in [0, 0.05) is 11.6 Å². The van der Waals surface area contributed by atoms with Crippen LogP contribution in [0.2, 0.25) is 0 Å². The Kier molecular flexibility index (Phi) is 5.60. The van der Waals surface area contributed by atoms with Gasteiger partial charge in [0.1, 0.15) is 5.82 Å². The van der Waals surface area contributed by atoms with Gasteiger partial charge in [-0.15, -0.1) is 11.3 Å². The van der Waals surface area contributed by atoms with Gasteiger partial charge in [-0.05, 0) is 30.0 Å². The fourth-order valence-electron chi connectivity index (χ4n) is 3.43. The van der Waals surface area contributed by atoms with Crippen LogP contribution in [0.1, 0.15) is 49.1 Å². The van der Waals surface area contributed by atoms with E-state index in [9.17, 15) is 22.4 Å². The molecule has 1 N–H and O–H groups in total. The Morgan fingerprint density at radius 2 is 2.04 bits per heavy atom. The third-order valence-electron chi connectivity index (χ3n) is 4.72. The largest absolute Gasteiger partial charge is 0.419 e. The number of nitrogens with zero attached hydrogens (tertiary/aromatic N) is 1. The van der Waals surface area contributed by atoms with Crippen molar-refractivity contribution in [2.45, 2.75) is 44.2 Å². The maximum atomic E-state index is 13.6. The maximum absolute atomic E-state index is 13.6. The minimum atomic E-state index is -4.80. The highest BCUT2D eigenvalue weighted by Gasteiger charge is 2.36. The minimum Gasteiger partial charge on any atom is -0.301 e. The Labute approximate surface area is 152 Å². The molecule has 1 aliphatic carbocycles. The molecule has 1 fully saturated rings. The molecule has 140 valence electrons. The molecular formula is C18H18F4N2OS. The number of alkyl halides is 3. The minimum absolute atomic E-state index is 0.180. The molecule has 1 aliphatic rings. The van der Waals surface area contributed by atoms with Crippen molar-refractivity contribution in [2.24, 2.45) is 5.92 Å². The molecule has 3 rings (SSSR count). The van der Waals surface area contributed by atoms with Gasteiger partial charge in [0.05, 0.1) is 11.5 Å². The van der Waals surface area contributed by atoms with Crippen LogP contribution in [-0.4, -0.2) is 10.9 Å². The number of thiazole rings is 1. The first-order chi connectivity index (χ1) is 12.3. The number of rotatable bonds is 5. The molecule has 1 unspecified atom stereocenters. The molecule has 2 aromatic rings. The Hall–Kier alpha value is -1.96. The van der Waals surface area contributed by atoms with E-state index in [1.807, 2.05) is 0 Å². The van der Waals surface area contributed by atoms with Crippen molar-refractivity contribution < 1.29 is 22.4 Å². The molecule has 0 bridgehead atoms. The molecule has 1 heterocycles. The molecule has 1 aromatic carbocycles. The van der Waals surface area contributed by atoms with E-state index in [0.717, 1.165) is 37.8 Å². The summed E-state index contributed by atoms with van der Waals surface area (Å²) in [6.45, 7) is 0. The summed E-state index contributed by atoms with van der Waals surface area (Å²) >= 11 is 1.23. The average molecular weight is 386 g/mol. The summed E-state index contributed by atoms with van der Waals surface area (Å²) in [5.41, 5.74) is -1.16. The summed E-state index contributed by atoms with van der Waals surface area (Å²) in [6.07, 6.45) is 1.20. The number of nitrogens with one attached hydrogen (secondary N) is 1. The summed E-state index contributed by atoms with van der Waals surface area (Å²) in [6, 6.07) is 2.82. The molecule has 8 heteroatoms. The van der Waals surface area contributed by atoms with Crippen molar-refractivity contribution in [1.29, 1.82) is 0 Å². The van der Waals surface area contributed by atoms with E-state index in [1.54, 1.807) is 5.38 Å². The lowest BCUT2D eigenvalue weighted by Crippen LogP contribution is -2.23. The zero-order chi connectivity index (χ0) is 18.7. The van der Waals surface area contributed by atoms with E-state index >= 15 is 0 Å². The summed E-state index contributed by atoms with van der Waals surface area (Å²) in [5.74, 6) is -2.24. The van der Waals surface area contributed by atoms with Gasteiger partial charge >= 0.3 is 6.18 Å². The van der Waals surface area contributed by atoms with E-state index < -0.39 is 29.4 Å². The molecule has 1 amide bonds. The van der Waals surface area contributed by atoms with Gasteiger partial charge in [0.2, 0.25) is 5.91 Å². The number of carbonyl (C=O) groups excluding carboxylic acids is 1. The Bertz CT molecular complexity index is 755. The second-order valence-corrected chi connectivity index (χ2v) is 7.40. The van der Waals surface area contributed by atoms with Crippen LogP contribution in [-0.2, 0) is 11.0 Å². The first-order valence-corrected chi connectivity index (χ1v) is 9.29. The van der Waals surface area contributed by atoms with Crippen LogP contribution in [0.25, 0.3) is 0 Å². The molecule has 0 aliphatic heterocycles. The van der Waals surface area contributed by atoms with Gasteiger partial charge in [-0.3, -0.25) is 4.79 Å². The monoisotopic (exact) mass is 386 g/mol. The molecule has 26 heavy (non-hydrogen) atoms.